The van der Waals surface area contributed by atoms with E-state index in [0.29, 0.717) is 23.6 Å². The molecule has 134 valence electrons. The minimum absolute atomic E-state index is 0.165. The van der Waals surface area contributed by atoms with Crippen molar-refractivity contribution in [1.29, 1.82) is 0 Å². The number of nitrogens with zero attached hydrogens (tertiary/aromatic N) is 1. The molecule has 0 aliphatic carbocycles. The fraction of sp³-hybridized carbons (Fsp3) is 0.158. The predicted molar refractivity (Wildman–Crippen MR) is 95.5 cm³/mol. The largest absolute Gasteiger partial charge is 0.489 e. The van der Waals surface area contributed by atoms with E-state index in [0.717, 1.165) is 23.1 Å². The number of nitrogens with one attached hydrogen (secondary N) is 1. The number of ether oxygens (including phenoxy) is 1. The predicted octanol–water partition coefficient (Wildman–Crippen LogP) is 3.84. The Labute approximate surface area is 149 Å². The molecule has 0 atom stereocenters. The van der Waals surface area contributed by atoms with Crippen LogP contribution in [0.25, 0.3) is 0 Å². The highest BCUT2D eigenvalue weighted by atomic mass is 19.1. The quantitative estimate of drug-likeness (QED) is 0.679. The first-order chi connectivity index (χ1) is 12.4. The van der Waals surface area contributed by atoms with Crippen LogP contribution in [0, 0.1) is 19.7 Å². The molecule has 0 fully saturated rings. The van der Waals surface area contributed by atoms with Gasteiger partial charge in [0.05, 0.1) is 22.6 Å². The first kappa shape index (κ1) is 17.5. The molecule has 0 aliphatic heterocycles. The number of aryl methyl sites for hydroxylation is 2. The molecule has 26 heavy (non-hydrogen) atoms. The Hall–Kier alpha value is -3.35. The summed E-state index contributed by atoms with van der Waals surface area (Å²) in [5.74, 6) is 0.527. The van der Waals surface area contributed by atoms with Gasteiger partial charge in [-0.2, -0.15) is 0 Å². The number of amides is 1. The van der Waals surface area contributed by atoms with Gasteiger partial charge in [-0.25, -0.2) is 4.39 Å². The first-order valence-electron chi connectivity index (χ1n) is 7.95. The van der Waals surface area contributed by atoms with Crippen molar-refractivity contribution in [1.82, 2.24) is 5.16 Å². The molecule has 0 saturated heterocycles. The number of carbonyl (C=O) groups is 1. The van der Waals surface area contributed by atoms with Gasteiger partial charge in [-0.05, 0) is 56.3 Å². The molecule has 7 heteroatoms. The number of hydrogen-bond donors (Lipinski definition) is 2. The Morgan fingerprint density at radius 3 is 2.58 bits per heavy atom. The molecule has 0 bridgehead atoms. The summed E-state index contributed by atoms with van der Waals surface area (Å²) < 4.78 is 23.9. The van der Waals surface area contributed by atoms with E-state index in [1.54, 1.807) is 24.3 Å². The number of carbonyl (C=O) groups excluding carboxylic acids is 1. The molecule has 0 radical (unpaired) electrons. The summed E-state index contributed by atoms with van der Waals surface area (Å²) in [6, 6.07) is 10.5. The van der Waals surface area contributed by atoms with Gasteiger partial charge in [0.1, 0.15) is 23.9 Å². The molecule has 1 amide bonds. The minimum Gasteiger partial charge on any atom is -0.489 e. The SMILES string of the molecule is Cc1noc(C)c1COc1ccc(C(=O)Nc2ccc(F)cc2N)cc1. The maximum Gasteiger partial charge on any atom is 0.255 e. The highest BCUT2D eigenvalue weighted by Crippen LogP contribution is 2.21. The lowest BCUT2D eigenvalue weighted by atomic mass is 10.2. The zero-order valence-corrected chi connectivity index (χ0v) is 14.4. The topological polar surface area (TPSA) is 90.4 Å². The molecule has 3 rings (SSSR count). The number of anilines is 2. The number of halogens is 1. The van der Waals surface area contributed by atoms with Crippen molar-refractivity contribution in [2.75, 3.05) is 11.1 Å². The second kappa shape index (κ2) is 7.26. The molecular formula is C19H18FN3O3. The van der Waals surface area contributed by atoms with Crippen molar-refractivity contribution in [3.8, 4) is 5.75 Å². The smallest absolute Gasteiger partial charge is 0.255 e. The van der Waals surface area contributed by atoms with Crippen LogP contribution < -0.4 is 15.8 Å². The molecule has 0 unspecified atom stereocenters. The maximum atomic E-state index is 13.1. The van der Waals surface area contributed by atoms with Gasteiger partial charge in [-0.3, -0.25) is 4.79 Å². The van der Waals surface area contributed by atoms with Crippen LogP contribution in [-0.4, -0.2) is 11.1 Å². The number of rotatable bonds is 5. The van der Waals surface area contributed by atoms with E-state index in [-0.39, 0.29) is 11.6 Å². The number of benzene rings is 2. The number of aromatic nitrogens is 1. The Kier molecular flexibility index (Phi) is 4.88. The Morgan fingerprint density at radius 1 is 1.23 bits per heavy atom. The molecule has 2 aromatic carbocycles. The Morgan fingerprint density at radius 2 is 1.96 bits per heavy atom. The van der Waals surface area contributed by atoms with Gasteiger partial charge in [0, 0.05) is 5.56 Å². The molecule has 3 aromatic rings. The zero-order valence-electron chi connectivity index (χ0n) is 14.4. The van der Waals surface area contributed by atoms with Gasteiger partial charge < -0.3 is 20.3 Å². The van der Waals surface area contributed by atoms with Crippen LogP contribution in [-0.2, 0) is 6.61 Å². The van der Waals surface area contributed by atoms with Gasteiger partial charge in [0.2, 0.25) is 0 Å². The fourth-order valence-electron chi connectivity index (χ4n) is 2.41. The van der Waals surface area contributed by atoms with Crippen LogP contribution in [0.15, 0.2) is 47.0 Å². The maximum absolute atomic E-state index is 13.1. The molecular weight excluding hydrogens is 337 g/mol. The van der Waals surface area contributed by atoms with E-state index in [1.165, 1.54) is 12.1 Å². The summed E-state index contributed by atoms with van der Waals surface area (Å²) in [4.78, 5) is 12.3. The van der Waals surface area contributed by atoms with E-state index in [9.17, 15) is 9.18 Å². The molecule has 6 nitrogen and oxygen atoms in total. The summed E-state index contributed by atoms with van der Waals surface area (Å²) in [6.07, 6.45) is 0. The number of nitrogens with two attached hydrogens (primary N) is 1. The van der Waals surface area contributed by atoms with Gasteiger partial charge in [0.15, 0.2) is 0 Å². The molecule has 0 aliphatic rings. The summed E-state index contributed by atoms with van der Waals surface area (Å²) in [5, 5.41) is 6.53. The second-order valence-electron chi connectivity index (χ2n) is 5.80. The standard InChI is InChI=1S/C19H18FN3O3/c1-11-16(12(2)26-23-11)10-25-15-6-3-13(4-7-15)19(24)22-18-8-5-14(20)9-17(18)21/h3-9H,10,21H2,1-2H3,(H,22,24). The minimum atomic E-state index is -0.458. The van der Waals surface area contributed by atoms with Crippen molar-refractivity contribution < 1.29 is 18.4 Å². The highest BCUT2D eigenvalue weighted by molar-refractivity contribution is 6.05. The average Bonchev–Trinajstić information content (AvgIpc) is 2.94. The third kappa shape index (κ3) is 3.83. The van der Waals surface area contributed by atoms with Gasteiger partial charge in [-0.15, -0.1) is 0 Å². The van der Waals surface area contributed by atoms with Gasteiger partial charge in [-0.1, -0.05) is 5.16 Å². The van der Waals surface area contributed by atoms with Crippen LogP contribution in [0.5, 0.6) is 5.75 Å². The number of hydrogen-bond acceptors (Lipinski definition) is 5. The van der Waals surface area contributed by atoms with Crippen LogP contribution >= 0.6 is 0 Å². The van der Waals surface area contributed by atoms with Crippen molar-refractivity contribution in [2.45, 2.75) is 20.5 Å². The lowest BCUT2D eigenvalue weighted by molar-refractivity contribution is 0.102. The fourth-order valence-corrected chi connectivity index (χ4v) is 2.41. The van der Waals surface area contributed by atoms with Gasteiger partial charge in [0.25, 0.3) is 5.91 Å². The lowest BCUT2D eigenvalue weighted by Gasteiger charge is -2.09. The number of nitrogen functional groups attached to an aromatic ring is 1. The first-order valence-corrected chi connectivity index (χ1v) is 7.95. The summed E-state index contributed by atoms with van der Waals surface area (Å²) in [5.41, 5.74) is 8.33. The second-order valence-corrected chi connectivity index (χ2v) is 5.80. The van der Waals surface area contributed by atoms with Gasteiger partial charge >= 0.3 is 0 Å². The summed E-state index contributed by atoms with van der Waals surface area (Å²) >= 11 is 0. The van der Waals surface area contributed by atoms with Crippen molar-refractivity contribution in [3.63, 3.8) is 0 Å². The van der Waals surface area contributed by atoms with Crippen molar-refractivity contribution in [2.24, 2.45) is 0 Å². The van der Waals surface area contributed by atoms with E-state index >= 15 is 0 Å². The molecule has 1 aromatic heterocycles. The van der Waals surface area contributed by atoms with Crippen LogP contribution in [0.1, 0.15) is 27.4 Å². The molecule has 0 spiro atoms. The van der Waals surface area contributed by atoms with Crippen LogP contribution in [0.3, 0.4) is 0 Å². The summed E-state index contributed by atoms with van der Waals surface area (Å²) in [7, 11) is 0. The van der Waals surface area contributed by atoms with E-state index < -0.39 is 5.82 Å². The van der Waals surface area contributed by atoms with E-state index in [1.807, 2.05) is 13.8 Å². The van der Waals surface area contributed by atoms with Crippen molar-refractivity contribution in [3.05, 3.63) is 70.9 Å². The monoisotopic (exact) mass is 355 g/mol. The lowest BCUT2D eigenvalue weighted by Crippen LogP contribution is -2.13. The summed E-state index contributed by atoms with van der Waals surface area (Å²) in [6.45, 7) is 4.01. The van der Waals surface area contributed by atoms with Crippen LogP contribution in [0.2, 0.25) is 0 Å². The van der Waals surface area contributed by atoms with Crippen LogP contribution in [0.4, 0.5) is 15.8 Å². The van der Waals surface area contributed by atoms with Crippen molar-refractivity contribution >= 4 is 17.3 Å². The third-order valence-corrected chi connectivity index (χ3v) is 3.94. The third-order valence-electron chi connectivity index (χ3n) is 3.94. The molecule has 1 heterocycles. The normalized spacial score (nSPS) is 10.6. The Bertz CT molecular complexity index is 916. The zero-order chi connectivity index (χ0) is 18.7. The average molecular weight is 355 g/mol. The van der Waals surface area contributed by atoms with E-state index in [2.05, 4.69) is 10.5 Å². The van der Waals surface area contributed by atoms with E-state index in [4.69, 9.17) is 15.0 Å². The molecule has 0 saturated carbocycles. The molecule has 3 N–H and O–H groups in total. The highest BCUT2D eigenvalue weighted by Gasteiger charge is 2.11. The Balaban J connectivity index is 1.64.